The van der Waals surface area contributed by atoms with Crippen LogP contribution in [0.25, 0.3) is 5.57 Å². The van der Waals surface area contributed by atoms with E-state index in [-0.39, 0.29) is 0 Å². The van der Waals surface area contributed by atoms with Crippen LogP contribution >= 0.6 is 27.5 Å². The maximum Gasteiger partial charge on any atom is 0.0441 e. The van der Waals surface area contributed by atoms with Crippen molar-refractivity contribution in [2.75, 3.05) is 5.33 Å². The Morgan fingerprint density at radius 1 is 1.50 bits per heavy atom. The Morgan fingerprint density at radius 3 is 2.79 bits per heavy atom. The number of allylic oxidation sites excluding steroid dienone is 2. The fourth-order valence-electron chi connectivity index (χ4n) is 1.23. The van der Waals surface area contributed by atoms with Crippen molar-refractivity contribution in [3.8, 4) is 0 Å². The Kier molecular flexibility index (Phi) is 4.70. The molecule has 0 N–H and O–H groups in total. The molecule has 0 aliphatic heterocycles. The molecule has 0 amide bonds. The van der Waals surface area contributed by atoms with Gasteiger partial charge < -0.3 is 0 Å². The van der Waals surface area contributed by atoms with Gasteiger partial charge in [0.25, 0.3) is 0 Å². The molecule has 0 aliphatic carbocycles. The van der Waals surface area contributed by atoms with E-state index < -0.39 is 0 Å². The van der Waals surface area contributed by atoms with E-state index in [2.05, 4.69) is 41.1 Å². The Morgan fingerprint density at radius 2 is 2.21 bits per heavy atom. The van der Waals surface area contributed by atoms with Gasteiger partial charge in [-0.1, -0.05) is 45.7 Å². The minimum absolute atomic E-state index is 0.842. The summed E-state index contributed by atoms with van der Waals surface area (Å²) in [6, 6.07) is 6.20. The van der Waals surface area contributed by atoms with Crippen molar-refractivity contribution in [1.82, 2.24) is 0 Å². The van der Waals surface area contributed by atoms with Crippen molar-refractivity contribution in [1.29, 1.82) is 0 Å². The number of hydrogen-bond donors (Lipinski definition) is 0. The normalized spacial score (nSPS) is 11.9. The molecule has 1 aromatic carbocycles. The van der Waals surface area contributed by atoms with E-state index >= 15 is 0 Å². The number of halogens is 2. The van der Waals surface area contributed by atoms with Crippen LogP contribution < -0.4 is 0 Å². The molecule has 2 heteroatoms. The molecule has 0 radical (unpaired) electrons. The van der Waals surface area contributed by atoms with Gasteiger partial charge in [-0.05, 0) is 43.0 Å². The van der Waals surface area contributed by atoms with Gasteiger partial charge in [0.05, 0.1) is 0 Å². The van der Waals surface area contributed by atoms with Crippen LogP contribution in [0.4, 0.5) is 0 Å². The minimum atomic E-state index is 0.842. The number of aryl methyl sites for hydroxylation is 1. The van der Waals surface area contributed by atoms with Crippen molar-refractivity contribution in [3.05, 3.63) is 40.4 Å². The van der Waals surface area contributed by atoms with Gasteiger partial charge in [0.1, 0.15) is 0 Å². The summed E-state index contributed by atoms with van der Waals surface area (Å²) in [5.74, 6) is 0. The average Bonchev–Trinajstić information content (AvgIpc) is 2.18. The molecule has 0 aromatic heterocycles. The summed E-state index contributed by atoms with van der Waals surface area (Å²) < 4.78 is 0. The zero-order valence-electron chi connectivity index (χ0n) is 8.48. The molecule has 1 aromatic rings. The predicted molar refractivity (Wildman–Crippen MR) is 68.3 cm³/mol. The van der Waals surface area contributed by atoms with Gasteiger partial charge in [0.15, 0.2) is 0 Å². The molecule has 0 fully saturated rings. The Labute approximate surface area is 99.1 Å². The topological polar surface area (TPSA) is 0 Å². The van der Waals surface area contributed by atoms with Crippen LogP contribution in [-0.2, 0) is 0 Å². The highest BCUT2D eigenvalue weighted by Gasteiger charge is 1.99. The molecule has 14 heavy (non-hydrogen) atoms. The van der Waals surface area contributed by atoms with Crippen molar-refractivity contribution < 1.29 is 0 Å². The third-order valence-electron chi connectivity index (χ3n) is 2.19. The Bertz CT molecular complexity index is 342. The van der Waals surface area contributed by atoms with E-state index in [0.717, 1.165) is 22.3 Å². The van der Waals surface area contributed by atoms with E-state index in [1.54, 1.807) is 0 Å². The summed E-state index contributed by atoms with van der Waals surface area (Å²) in [5, 5.41) is 1.85. The number of benzene rings is 1. The van der Waals surface area contributed by atoms with Crippen molar-refractivity contribution in [2.24, 2.45) is 0 Å². The van der Waals surface area contributed by atoms with Crippen molar-refractivity contribution >= 4 is 33.1 Å². The highest BCUT2D eigenvalue weighted by atomic mass is 79.9. The van der Waals surface area contributed by atoms with E-state index in [0.29, 0.717) is 0 Å². The molecule has 0 nitrogen and oxygen atoms in total. The number of hydrogen-bond acceptors (Lipinski definition) is 0. The first-order valence-corrected chi connectivity index (χ1v) is 6.14. The third kappa shape index (κ3) is 3.14. The summed E-state index contributed by atoms with van der Waals surface area (Å²) >= 11 is 9.46. The molecule has 76 valence electrons. The van der Waals surface area contributed by atoms with Gasteiger partial charge in [0, 0.05) is 10.4 Å². The molecule has 0 unspecified atom stereocenters. The van der Waals surface area contributed by atoms with Crippen LogP contribution in [-0.4, -0.2) is 5.33 Å². The fourth-order valence-corrected chi connectivity index (χ4v) is 1.64. The van der Waals surface area contributed by atoms with Gasteiger partial charge in [-0.15, -0.1) is 0 Å². The van der Waals surface area contributed by atoms with Crippen LogP contribution in [0.5, 0.6) is 0 Å². The lowest BCUT2D eigenvalue weighted by Gasteiger charge is -2.04. The van der Waals surface area contributed by atoms with E-state index in [9.17, 15) is 0 Å². The lowest BCUT2D eigenvalue weighted by Crippen LogP contribution is -1.82. The zero-order valence-corrected chi connectivity index (χ0v) is 10.8. The van der Waals surface area contributed by atoms with Gasteiger partial charge in [-0.2, -0.15) is 0 Å². The SMILES string of the molecule is C/C(=C/CCBr)c1ccc(C)c(Cl)c1. The number of rotatable bonds is 3. The van der Waals surface area contributed by atoms with Crippen molar-refractivity contribution in [3.63, 3.8) is 0 Å². The fraction of sp³-hybridized carbons (Fsp3) is 0.333. The zero-order chi connectivity index (χ0) is 10.6. The standard InChI is InChI=1S/C12H14BrCl/c1-9(4-3-7-13)11-6-5-10(2)12(14)8-11/h4-6,8H,3,7H2,1-2H3/b9-4-. The van der Waals surface area contributed by atoms with E-state index in [1.807, 2.05) is 13.0 Å². The summed E-state index contributed by atoms with van der Waals surface area (Å²) in [6.45, 7) is 4.13. The highest BCUT2D eigenvalue weighted by molar-refractivity contribution is 9.09. The molecule has 0 aliphatic rings. The molecular formula is C12H14BrCl. The van der Waals surface area contributed by atoms with Crippen LogP contribution in [0.3, 0.4) is 0 Å². The summed E-state index contributed by atoms with van der Waals surface area (Å²) in [6.07, 6.45) is 3.27. The molecule has 0 spiro atoms. The van der Waals surface area contributed by atoms with Gasteiger partial charge in [-0.25, -0.2) is 0 Å². The van der Waals surface area contributed by atoms with Crippen LogP contribution in [0.2, 0.25) is 5.02 Å². The minimum Gasteiger partial charge on any atom is -0.0925 e. The first kappa shape index (κ1) is 11.8. The molecule has 1 rings (SSSR count). The quantitative estimate of drug-likeness (QED) is 0.692. The summed E-state index contributed by atoms with van der Waals surface area (Å²) in [7, 11) is 0. The maximum absolute atomic E-state index is 6.06. The molecule has 0 saturated carbocycles. The second kappa shape index (κ2) is 5.57. The molecule has 0 atom stereocenters. The molecule has 0 bridgehead atoms. The average molecular weight is 274 g/mol. The van der Waals surface area contributed by atoms with E-state index in [1.165, 1.54) is 11.1 Å². The Balaban J connectivity index is 2.91. The third-order valence-corrected chi connectivity index (χ3v) is 3.05. The monoisotopic (exact) mass is 272 g/mol. The van der Waals surface area contributed by atoms with E-state index in [4.69, 9.17) is 11.6 Å². The highest BCUT2D eigenvalue weighted by Crippen LogP contribution is 2.22. The summed E-state index contributed by atoms with van der Waals surface area (Å²) in [4.78, 5) is 0. The smallest absolute Gasteiger partial charge is 0.0441 e. The Hall–Kier alpha value is -0.270. The first-order chi connectivity index (χ1) is 6.65. The van der Waals surface area contributed by atoms with Crippen molar-refractivity contribution in [2.45, 2.75) is 20.3 Å². The van der Waals surface area contributed by atoms with Crippen LogP contribution in [0, 0.1) is 6.92 Å². The lowest BCUT2D eigenvalue weighted by molar-refractivity contribution is 1.25. The first-order valence-electron chi connectivity index (χ1n) is 4.64. The molecule has 0 heterocycles. The summed E-state index contributed by atoms with van der Waals surface area (Å²) in [5.41, 5.74) is 3.62. The van der Waals surface area contributed by atoms with Gasteiger partial charge in [0.2, 0.25) is 0 Å². The molecular weight excluding hydrogens is 259 g/mol. The maximum atomic E-state index is 6.06. The van der Waals surface area contributed by atoms with Crippen LogP contribution in [0.15, 0.2) is 24.3 Å². The van der Waals surface area contributed by atoms with Gasteiger partial charge >= 0.3 is 0 Å². The molecule has 0 saturated heterocycles. The van der Waals surface area contributed by atoms with Gasteiger partial charge in [-0.3, -0.25) is 0 Å². The predicted octanol–water partition coefficient (Wildman–Crippen LogP) is 4.84. The number of alkyl halides is 1. The largest absolute Gasteiger partial charge is 0.0925 e. The second-order valence-electron chi connectivity index (χ2n) is 3.33. The second-order valence-corrected chi connectivity index (χ2v) is 4.53. The lowest BCUT2D eigenvalue weighted by atomic mass is 10.1. The van der Waals surface area contributed by atoms with Crippen LogP contribution in [0.1, 0.15) is 24.5 Å².